The van der Waals surface area contributed by atoms with E-state index in [0.29, 0.717) is 5.70 Å². The van der Waals surface area contributed by atoms with Gasteiger partial charge in [-0.15, -0.1) is 0 Å². The molecule has 2 aliphatic rings. The number of nitrogens with zero attached hydrogens (tertiary/aromatic N) is 4. The first-order valence-electron chi connectivity index (χ1n) is 5.54. The molecule has 2 unspecified atom stereocenters. The number of esters is 1. The molecule has 1 aromatic rings. The maximum Gasteiger partial charge on any atom is 0.349 e. The molecule has 0 saturated heterocycles. The number of ether oxygens (including phenoxy) is 1. The molecule has 1 aromatic heterocycles. The first-order chi connectivity index (χ1) is 9.06. The zero-order chi connectivity index (χ0) is 13.7. The second kappa shape index (κ2) is 3.70. The van der Waals surface area contributed by atoms with Crippen LogP contribution in [-0.2, 0) is 16.6 Å². The monoisotopic (exact) mass is 265 g/mol. The molecule has 19 heavy (non-hydrogen) atoms. The van der Waals surface area contributed by atoms with Gasteiger partial charge in [0.25, 0.3) is 0 Å². The fraction of sp³-hybridized carbons (Fsp3) is 0.400. The molecule has 0 fully saturated rings. The second-order valence-corrected chi connectivity index (χ2v) is 4.20. The Labute approximate surface area is 106 Å². The van der Waals surface area contributed by atoms with Gasteiger partial charge in [0, 0.05) is 7.05 Å². The highest BCUT2D eigenvalue weighted by Crippen LogP contribution is 2.27. The Morgan fingerprint density at radius 2 is 2.05 bits per heavy atom. The van der Waals surface area contributed by atoms with E-state index in [1.54, 1.807) is 0 Å². The van der Waals surface area contributed by atoms with E-state index >= 15 is 0 Å². The minimum Gasteiger partial charge on any atom is -0.467 e. The van der Waals surface area contributed by atoms with Crippen molar-refractivity contribution in [3.8, 4) is 0 Å². The van der Waals surface area contributed by atoms with Gasteiger partial charge in [0.05, 0.1) is 19.1 Å². The molecule has 0 aliphatic carbocycles. The average molecular weight is 265 g/mol. The van der Waals surface area contributed by atoms with Gasteiger partial charge in [0.15, 0.2) is 12.2 Å². The first-order valence-corrected chi connectivity index (χ1v) is 5.54. The van der Waals surface area contributed by atoms with Gasteiger partial charge >= 0.3 is 17.3 Å². The van der Waals surface area contributed by atoms with Crippen LogP contribution in [0.2, 0.25) is 0 Å². The lowest BCUT2D eigenvalue weighted by Crippen LogP contribution is -2.40. The number of fused-ring (bicyclic) bond motifs is 3. The standard InChI is InChI=1S/C10H11N5O4/c1-13-9(17)14-6(8(16)19-2)3-5-7(12-4-11-5)15(14)10(13)18/h3-4,6-7H,1-2H3,(H,11,12). The Hall–Kier alpha value is -2.58. The maximum absolute atomic E-state index is 12.1. The fourth-order valence-electron chi connectivity index (χ4n) is 2.24. The Kier molecular flexibility index (Phi) is 2.24. The van der Waals surface area contributed by atoms with Crippen molar-refractivity contribution in [1.82, 2.24) is 19.2 Å². The normalized spacial score (nSPS) is 23.4. The highest BCUT2D eigenvalue weighted by molar-refractivity contribution is 5.77. The summed E-state index contributed by atoms with van der Waals surface area (Å²) in [5.74, 6) is -0.624. The first kappa shape index (κ1) is 11.5. The van der Waals surface area contributed by atoms with Crippen molar-refractivity contribution in [2.24, 2.45) is 12.0 Å². The topological polar surface area (TPSA) is 99.6 Å². The SMILES string of the molecule is COC(=O)C1C=C2NC=NC2n2c(=O)n(C)c(=O)n21. The summed E-state index contributed by atoms with van der Waals surface area (Å²) in [5, 5.41) is 2.84. The number of hydrogen-bond acceptors (Lipinski definition) is 6. The predicted octanol–water partition coefficient (Wildman–Crippen LogP) is -1.91. The Morgan fingerprint density at radius 1 is 1.37 bits per heavy atom. The van der Waals surface area contributed by atoms with Gasteiger partial charge in [-0.2, -0.15) is 4.68 Å². The average Bonchev–Trinajstić information content (AvgIpc) is 2.96. The van der Waals surface area contributed by atoms with E-state index in [0.717, 1.165) is 13.9 Å². The van der Waals surface area contributed by atoms with E-state index in [1.807, 2.05) is 0 Å². The number of aromatic nitrogens is 3. The van der Waals surface area contributed by atoms with Gasteiger partial charge in [0.1, 0.15) is 0 Å². The van der Waals surface area contributed by atoms with Gasteiger partial charge in [-0.05, 0) is 6.08 Å². The van der Waals surface area contributed by atoms with Gasteiger partial charge in [-0.3, -0.25) is 0 Å². The van der Waals surface area contributed by atoms with Crippen molar-refractivity contribution in [2.75, 3.05) is 7.11 Å². The van der Waals surface area contributed by atoms with Crippen LogP contribution < -0.4 is 16.7 Å². The molecule has 0 aromatic carbocycles. The van der Waals surface area contributed by atoms with Crippen LogP contribution in [0.1, 0.15) is 12.2 Å². The number of nitrogens with one attached hydrogen (secondary N) is 1. The van der Waals surface area contributed by atoms with Crippen LogP contribution >= 0.6 is 0 Å². The minimum atomic E-state index is -0.980. The summed E-state index contributed by atoms with van der Waals surface area (Å²) in [7, 11) is 2.57. The third-order valence-electron chi connectivity index (χ3n) is 3.20. The number of carbonyl (C=O) groups is 1. The lowest BCUT2D eigenvalue weighted by molar-refractivity contribution is -0.143. The summed E-state index contributed by atoms with van der Waals surface area (Å²) in [6, 6.07) is -0.980. The molecule has 9 heteroatoms. The molecule has 0 radical (unpaired) electrons. The summed E-state index contributed by atoms with van der Waals surface area (Å²) in [6.07, 6.45) is 2.32. The van der Waals surface area contributed by atoms with Crippen molar-refractivity contribution in [3.05, 3.63) is 32.7 Å². The molecule has 0 spiro atoms. The molecule has 1 N–H and O–H groups in total. The molecule has 9 nitrogen and oxygen atoms in total. The highest BCUT2D eigenvalue weighted by Gasteiger charge is 2.37. The van der Waals surface area contributed by atoms with Crippen LogP contribution in [0.25, 0.3) is 0 Å². The number of rotatable bonds is 1. The zero-order valence-electron chi connectivity index (χ0n) is 10.2. The Bertz CT molecular complexity index is 734. The Balaban J connectivity index is 2.32. The van der Waals surface area contributed by atoms with Gasteiger partial charge in [0.2, 0.25) is 0 Å². The predicted molar refractivity (Wildman–Crippen MR) is 63.7 cm³/mol. The van der Waals surface area contributed by atoms with Gasteiger partial charge in [-0.1, -0.05) is 0 Å². The van der Waals surface area contributed by atoms with Crippen LogP contribution in [0.3, 0.4) is 0 Å². The van der Waals surface area contributed by atoms with Crippen molar-refractivity contribution >= 4 is 12.3 Å². The third-order valence-corrected chi connectivity index (χ3v) is 3.20. The highest BCUT2D eigenvalue weighted by atomic mass is 16.5. The summed E-state index contributed by atoms with van der Waals surface area (Å²) in [6.45, 7) is 0. The Morgan fingerprint density at radius 3 is 2.74 bits per heavy atom. The smallest absolute Gasteiger partial charge is 0.349 e. The number of methoxy groups -OCH3 is 1. The molecule has 100 valence electrons. The van der Waals surface area contributed by atoms with E-state index in [4.69, 9.17) is 0 Å². The molecule has 0 amide bonds. The molecular weight excluding hydrogens is 254 g/mol. The second-order valence-electron chi connectivity index (χ2n) is 4.20. The van der Waals surface area contributed by atoms with Crippen LogP contribution in [0.15, 0.2) is 26.4 Å². The van der Waals surface area contributed by atoms with Crippen LogP contribution in [-0.4, -0.2) is 33.3 Å². The number of aliphatic imine (C=N–C) groups is 1. The zero-order valence-corrected chi connectivity index (χ0v) is 10.2. The quantitative estimate of drug-likeness (QED) is 0.597. The summed E-state index contributed by atoms with van der Waals surface area (Å²) in [4.78, 5) is 39.9. The van der Waals surface area contributed by atoms with E-state index < -0.39 is 29.6 Å². The fourth-order valence-corrected chi connectivity index (χ4v) is 2.24. The number of carbonyl (C=O) groups excluding carboxylic acids is 1. The van der Waals surface area contributed by atoms with E-state index in [9.17, 15) is 14.4 Å². The van der Waals surface area contributed by atoms with Crippen LogP contribution in [0.5, 0.6) is 0 Å². The van der Waals surface area contributed by atoms with Crippen LogP contribution in [0, 0.1) is 0 Å². The molecular formula is C10H11N5O4. The molecule has 2 atom stereocenters. The van der Waals surface area contributed by atoms with Crippen molar-refractivity contribution in [3.63, 3.8) is 0 Å². The lowest BCUT2D eigenvalue weighted by Gasteiger charge is -2.24. The van der Waals surface area contributed by atoms with E-state index in [-0.39, 0.29) is 0 Å². The summed E-state index contributed by atoms with van der Waals surface area (Å²) in [5.41, 5.74) is -0.545. The van der Waals surface area contributed by atoms with Crippen molar-refractivity contribution < 1.29 is 9.53 Å². The molecule has 0 bridgehead atoms. The molecule has 2 aliphatic heterocycles. The molecule has 3 heterocycles. The largest absolute Gasteiger partial charge is 0.467 e. The third kappa shape index (κ3) is 1.35. The van der Waals surface area contributed by atoms with Gasteiger partial charge < -0.3 is 10.1 Å². The van der Waals surface area contributed by atoms with Crippen LogP contribution in [0.4, 0.5) is 0 Å². The minimum absolute atomic E-state index is 0.532. The number of hydrogen-bond donors (Lipinski definition) is 1. The molecule has 3 rings (SSSR count). The maximum atomic E-state index is 12.1. The summed E-state index contributed by atoms with van der Waals surface area (Å²) >= 11 is 0. The van der Waals surface area contributed by atoms with Crippen molar-refractivity contribution in [2.45, 2.75) is 12.2 Å². The lowest BCUT2D eigenvalue weighted by atomic mass is 10.2. The van der Waals surface area contributed by atoms with Gasteiger partial charge in [-0.25, -0.2) is 28.6 Å². The molecule has 0 saturated carbocycles. The van der Waals surface area contributed by atoms with Crippen molar-refractivity contribution in [1.29, 1.82) is 0 Å². The van der Waals surface area contributed by atoms with E-state index in [2.05, 4.69) is 15.0 Å². The van der Waals surface area contributed by atoms with E-state index in [1.165, 1.54) is 26.6 Å². The summed E-state index contributed by atoms with van der Waals surface area (Å²) < 4.78 is 7.80.